The van der Waals surface area contributed by atoms with Crippen molar-refractivity contribution in [3.05, 3.63) is 51.2 Å². The Balaban J connectivity index is 1.44. The van der Waals surface area contributed by atoms with Gasteiger partial charge in [0.1, 0.15) is 5.75 Å². The zero-order chi connectivity index (χ0) is 17.6. The lowest BCUT2D eigenvalue weighted by atomic mass is 9.95. The molecule has 4 nitrogen and oxygen atoms in total. The van der Waals surface area contributed by atoms with Gasteiger partial charge in [0, 0.05) is 23.0 Å². The minimum atomic E-state index is -0.146. The molecule has 3 rings (SSSR count). The number of nitrogens with one attached hydrogen (secondary N) is 1. The molecule has 1 aromatic heterocycles. The second-order valence-corrected chi connectivity index (χ2v) is 7.65. The van der Waals surface area contributed by atoms with E-state index in [9.17, 15) is 4.79 Å². The first kappa shape index (κ1) is 18.2. The predicted molar refractivity (Wildman–Crippen MR) is 103 cm³/mol. The summed E-state index contributed by atoms with van der Waals surface area (Å²) in [4.78, 5) is 16.3. The smallest absolute Gasteiger partial charge is 0.255 e. The molecule has 134 valence electrons. The Morgan fingerprint density at radius 1 is 1.36 bits per heavy atom. The number of thiophene rings is 1. The van der Waals surface area contributed by atoms with Crippen molar-refractivity contribution >= 4 is 28.8 Å². The average molecular weight is 379 g/mol. The summed E-state index contributed by atoms with van der Waals surface area (Å²) < 4.78 is 5.24. The molecular weight excluding hydrogens is 356 g/mol. The van der Waals surface area contributed by atoms with Crippen molar-refractivity contribution in [2.75, 3.05) is 33.3 Å². The van der Waals surface area contributed by atoms with Gasteiger partial charge in [-0.15, -0.1) is 11.3 Å². The first-order chi connectivity index (χ1) is 12.2. The summed E-state index contributed by atoms with van der Waals surface area (Å²) in [5.74, 6) is 1.09. The summed E-state index contributed by atoms with van der Waals surface area (Å²) in [6, 6.07) is 9.44. The summed E-state index contributed by atoms with van der Waals surface area (Å²) in [6.45, 7) is 3.65. The second kappa shape index (κ2) is 8.70. The molecule has 2 aromatic rings. The van der Waals surface area contributed by atoms with Crippen LogP contribution in [0.3, 0.4) is 0 Å². The molecule has 0 radical (unpaired) electrons. The molecule has 1 amide bonds. The number of amides is 1. The number of methoxy groups -OCH3 is 1. The third kappa shape index (κ3) is 4.75. The lowest BCUT2D eigenvalue weighted by Crippen LogP contribution is -2.39. The first-order valence-corrected chi connectivity index (χ1v) is 9.80. The van der Waals surface area contributed by atoms with Gasteiger partial charge in [0.2, 0.25) is 0 Å². The molecule has 1 aliphatic heterocycles. The van der Waals surface area contributed by atoms with E-state index in [4.69, 9.17) is 16.3 Å². The molecule has 25 heavy (non-hydrogen) atoms. The van der Waals surface area contributed by atoms with Crippen molar-refractivity contribution in [3.8, 4) is 5.75 Å². The second-order valence-electron chi connectivity index (χ2n) is 6.23. The normalized spacial score (nSPS) is 15.9. The third-order valence-corrected chi connectivity index (χ3v) is 5.92. The fourth-order valence-electron chi connectivity index (χ4n) is 3.25. The third-order valence-electron chi connectivity index (χ3n) is 4.65. The van der Waals surface area contributed by atoms with E-state index in [0.717, 1.165) is 19.6 Å². The van der Waals surface area contributed by atoms with Crippen molar-refractivity contribution in [3.63, 3.8) is 0 Å². The van der Waals surface area contributed by atoms with Gasteiger partial charge in [-0.1, -0.05) is 17.7 Å². The number of halogens is 1. The number of ether oxygens (including phenoxy) is 1. The first-order valence-electron chi connectivity index (χ1n) is 8.55. The fourth-order valence-corrected chi connectivity index (χ4v) is 4.32. The maximum absolute atomic E-state index is 12.4. The molecule has 1 aliphatic rings. The van der Waals surface area contributed by atoms with Gasteiger partial charge in [-0.05, 0) is 61.5 Å². The quantitative estimate of drug-likeness (QED) is 0.825. The molecule has 2 heterocycles. The van der Waals surface area contributed by atoms with Crippen LogP contribution in [0.15, 0.2) is 35.7 Å². The number of hydrogen-bond donors (Lipinski definition) is 1. The van der Waals surface area contributed by atoms with Crippen molar-refractivity contribution in [1.82, 2.24) is 10.2 Å². The van der Waals surface area contributed by atoms with E-state index in [1.165, 1.54) is 17.7 Å². The molecule has 1 saturated heterocycles. The van der Waals surface area contributed by atoms with Crippen LogP contribution in [0.25, 0.3) is 0 Å². The van der Waals surface area contributed by atoms with Crippen LogP contribution in [0.2, 0.25) is 5.02 Å². The Morgan fingerprint density at radius 3 is 2.84 bits per heavy atom. The minimum Gasteiger partial charge on any atom is -0.496 e. The standard InChI is InChI=1S/C19H23ClN2O2S/c1-24-17-5-4-15(20)13-16(17)19(23)21-8-11-22-9-6-14(7-10-22)18-3-2-12-25-18/h2-5,12-14H,6-11H2,1H3,(H,21,23). The molecule has 1 fully saturated rings. The largest absolute Gasteiger partial charge is 0.496 e. The summed E-state index contributed by atoms with van der Waals surface area (Å²) in [7, 11) is 1.55. The van der Waals surface area contributed by atoms with E-state index in [1.807, 2.05) is 11.3 Å². The Morgan fingerprint density at radius 2 is 2.16 bits per heavy atom. The van der Waals surface area contributed by atoms with Crippen LogP contribution in [-0.4, -0.2) is 44.1 Å². The van der Waals surface area contributed by atoms with Crippen molar-refractivity contribution in [2.45, 2.75) is 18.8 Å². The number of likely N-dealkylation sites (tertiary alicyclic amines) is 1. The number of nitrogens with zero attached hydrogens (tertiary/aromatic N) is 1. The SMILES string of the molecule is COc1ccc(Cl)cc1C(=O)NCCN1CCC(c2cccs2)CC1. The number of carbonyl (C=O) groups excluding carboxylic acids is 1. The van der Waals surface area contributed by atoms with E-state index in [2.05, 4.69) is 27.7 Å². The molecule has 0 saturated carbocycles. The summed E-state index contributed by atoms with van der Waals surface area (Å²) in [5, 5.41) is 5.65. The number of carbonyl (C=O) groups is 1. The molecule has 0 atom stereocenters. The molecule has 0 unspecified atom stereocenters. The molecule has 1 aromatic carbocycles. The highest BCUT2D eigenvalue weighted by molar-refractivity contribution is 7.10. The lowest BCUT2D eigenvalue weighted by Gasteiger charge is -2.31. The highest BCUT2D eigenvalue weighted by Crippen LogP contribution is 2.30. The Labute approximate surface area is 157 Å². The predicted octanol–water partition coefficient (Wildman–Crippen LogP) is 4.02. The van der Waals surface area contributed by atoms with Crippen LogP contribution in [0.1, 0.15) is 34.0 Å². The van der Waals surface area contributed by atoms with E-state index in [-0.39, 0.29) is 5.91 Å². The van der Waals surface area contributed by atoms with Crippen molar-refractivity contribution in [1.29, 1.82) is 0 Å². The van der Waals surface area contributed by atoms with Gasteiger partial charge in [0.25, 0.3) is 5.91 Å². The Kier molecular flexibility index (Phi) is 6.34. The lowest BCUT2D eigenvalue weighted by molar-refractivity contribution is 0.0943. The van der Waals surface area contributed by atoms with E-state index in [1.54, 1.807) is 25.3 Å². The molecule has 1 N–H and O–H groups in total. The summed E-state index contributed by atoms with van der Waals surface area (Å²) in [6.07, 6.45) is 2.38. The minimum absolute atomic E-state index is 0.146. The molecule has 0 aliphatic carbocycles. The van der Waals surface area contributed by atoms with Gasteiger partial charge in [-0.2, -0.15) is 0 Å². The maximum atomic E-state index is 12.4. The van der Waals surface area contributed by atoms with Gasteiger partial charge in [0.05, 0.1) is 12.7 Å². The summed E-state index contributed by atoms with van der Waals surface area (Å²) >= 11 is 7.84. The van der Waals surface area contributed by atoms with Crippen LogP contribution in [-0.2, 0) is 0 Å². The zero-order valence-corrected chi connectivity index (χ0v) is 15.9. The van der Waals surface area contributed by atoms with E-state index >= 15 is 0 Å². The van der Waals surface area contributed by atoms with Gasteiger partial charge in [0.15, 0.2) is 0 Å². The van der Waals surface area contributed by atoms with Gasteiger partial charge < -0.3 is 15.0 Å². The summed E-state index contributed by atoms with van der Waals surface area (Å²) in [5.41, 5.74) is 0.478. The molecule has 6 heteroatoms. The van der Waals surface area contributed by atoms with Crippen LogP contribution < -0.4 is 10.1 Å². The number of hydrogen-bond acceptors (Lipinski definition) is 4. The number of piperidine rings is 1. The van der Waals surface area contributed by atoms with Crippen LogP contribution in [0.5, 0.6) is 5.75 Å². The Bertz CT molecular complexity index is 697. The highest BCUT2D eigenvalue weighted by Gasteiger charge is 2.21. The zero-order valence-electron chi connectivity index (χ0n) is 14.3. The molecule has 0 spiro atoms. The van der Waals surface area contributed by atoms with Gasteiger partial charge in [-0.25, -0.2) is 0 Å². The monoisotopic (exact) mass is 378 g/mol. The van der Waals surface area contributed by atoms with Crippen LogP contribution in [0, 0.1) is 0 Å². The van der Waals surface area contributed by atoms with E-state index < -0.39 is 0 Å². The van der Waals surface area contributed by atoms with E-state index in [0.29, 0.717) is 28.8 Å². The van der Waals surface area contributed by atoms with Crippen molar-refractivity contribution < 1.29 is 9.53 Å². The maximum Gasteiger partial charge on any atom is 0.255 e. The average Bonchev–Trinajstić information content (AvgIpc) is 3.17. The van der Waals surface area contributed by atoms with Gasteiger partial charge in [-0.3, -0.25) is 4.79 Å². The van der Waals surface area contributed by atoms with Crippen LogP contribution >= 0.6 is 22.9 Å². The topological polar surface area (TPSA) is 41.6 Å². The highest BCUT2D eigenvalue weighted by atomic mass is 35.5. The number of benzene rings is 1. The molecule has 0 bridgehead atoms. The van der Waals surface area contributed by atoms with Crippen LogP contribution in [0.4, 0.5) is 0 Å². The van der Waals surface area contributed by atoms with Crippen molar-refractivity contribution in [2.24, 2.45) is 0 Å². The Hall–Kier alpha value is -1.56. The fraction of sp³-hybridized carbons (Fsp3) is 0.421. The van der Waals surface area contributed by atoms with Gasteiger partial charge >= 0.3 is 0 Å². The number of rotatable bonds is 6. The molecular formula is C19H23ClN2O2S.